The lowest BCUT2D eigenvalue weighted by Gasteiger charge is -2.06. The van der Waals surface area contributed by atoms with E-state index in [1.54, 1.807) is 6.08 Å². The van der Waals surface area contributed by atoms with Crippen LogP contribution in [0.4, 0.5) is 0 Å². The Bertz CT molecular complexity index is 163. The van der Waals surface area contributed by atoms with Crippen LogP contribution < -0.4 is 0 Å². The van der Waals surface area contributed by atoms with Gasteiger partial charge in [-0.25, -0.2) is 0 Å². The molecular weight excluding hydrogens is 176 g/mol. The molecule has 2 heteroatoms. The molecule has 0 saturated carbocycles. The minimum Gasteiger partial charge on any atom is -0.460 e. The van der Waals surface area contributed by atoms with Gasteiger partial charge in [-0.2, -0.15) is 0 Å². The van der Waals surface area contributed by atoms with Gasteiger partial charge in [0.15, 0.2) is 0 Å². The first-order valence-electron chi connectivity index (χ1n) is 5.21. The number of hydrogen-bond acceptors (Lipinski definition) is 2. The van der Waals surface area contributed by atoms with Gasteiger partial charge in [0.25, 0.3) is 6.47 Å². The van der Waals surface area contributed by atoms with Crippen molar-refractivity contribution < 1.29 is 9.53 Å². The highest BCUT2D eigenvalue weighted by Crippen LogP contribution is 2.04. The predicted octanol–water partition coefficient (Wildman–Crippen LogP) is 3.24. The van der Waals surface area contributed by atoms with E-state index in [4.69, 9.17) is 4.74 Å². The molecular formula is C12H20O2. The average molecular weight is 196 g/mol. The summed E-state index contributed by atoms with van der Waals surface area (Å²) in [7, 11) is 0. The zero-order chi connectivity index (χ0) is 10.6. The van der Waals surface area contributed by atoms with Crippen molar-refractivity contribution in [3.63, 3.8) is 0 Å². The Balaban J connectivity index is 3.65. The molecule has 0 aromatic rings. The molecule has 0 N–H and O–H groups in total. The lowest BCUT2D eigenvalue weighted by Crippen LogP contribution is -2.06. The Hall–Kier alpha value is -1.05. The van der Waals surface area contributed by atoms with Crippen LogP contribution in [0, 0.1) is 0 Å². The van der Waals surface area contributed by atoms with E-state index in [-0.39, 0.29) is 6.10 Å². The number of hydrogen-bond donors (Lipinski definition) is 0. The zero-order valence-electron chi connectivity index (χ0n) is 8.95. The highest BCUT2D eigenvalue weighted by molar-refractivity contribution is 5.38. The minimum absolute atomic E-state index is 0.133. The second kappa shape index (κ2) is 10.0. The SMILES string of the molecule is C=CCC(C=CCCCCC)OC=O. The maximum absolute atomic E-state index is 10.1. The third kappa shape index (κ3) is 7.59. The van der Waals surface area contributed by atoms with E-state index < -0.39 is 0 Å². The van der Waals surface area contributed by atoms with Crippen LogP contribution in [0.25, 0.3) is 0 Å². The van der Waals surface area contributed by atoms with Crippen molar-refractivity contribution in [2.45, 2.75) is 45.1 Å². The molecule has 0 aliphatic carbocycles. The van der Waals surface area contributed by atoms with Crippen molar-refractivity contribution in [2.75, 3.05) is 0 Å². The summed E-state index contributed by atoms with van der Waals surface area (Å²) in [5.41, 5.74) is 0. The summed E-state index contributed by atoms with van der Waals surface area (Å²) in [5.74, 6) is 0. The monoisotopic (exact) mass is 196 g/mol. The Morgan fingerprint density at radius 1 is 1.43 bits per heavy atom. The maximum Gasteiger partial charge on any atom is 0.293 e. The van der Waals surface area contributed by atoms with Gasteiger partial charge in [0.2, 0.25) is 0 Å². The van der Waals surface area contributed by atoms with Crippen molar-refractivity contribution in [1.29, 1.82) is 0 Å². The zero-order valence-corrected chi connectivity index (χ0v) is 8.95. The van der Waals surface area contributed by atoms with Gasteiger partial charge in [0.1, 0.15) is 6.10 Å². The van der Waals surface area contributed by atoms with Gasteiger partial charge in [-0.3, -0.25) is 4.79 Å². The van der Waals surface area contributed by atoms with Crippen LogP contribution in [0.3, 0.4) is 0 Å². The molecule has 0 saturated heterocycles. The smallest absolute Gasteiger partial charge is 0.293 e. The quantitative estimate of drug-likeness (QED) is 0.321. The summed E-state index contributed by atoms with van der Waals surface area (Å²) in [5, 5.41) is 0. The number of carbonyl (C=O) groups is 1. The van der Waals surface area contributed by atoms with Crippen molar-refractivity contribution in [2.24, 2.45) is 0 Å². The summed E-state index contributed by atoms with van der Waals surface area (Å²) in [6.45, 7) is 6.28. The summed E-state index contributed by atoms with van der Waals surface area (Å²) in [6.07, 6.45) is 11.1. The molecule has 2 nitrogen and oxygen atoms in total. The average Bonchev–Trinajstić information content (AvgIpc) is 2.18. The molecule has 0 aromatic heterocycles. The van der Waals surface area contributed by atoms with Crippen molar-refractivity contribution in [1.82, 2.24) is 0 Å². The topological polar surface area (TPSA) is 26.3 Å². The number of allylic oxidation sites excluding steroid dienone is 1. The molecule has 1 unspecified atom stereocenters. The first-order chi connectivity index (χ1) is 6.85. The first-order valence-corrected chi connectivity index (χ1v) is 5.21. The van der Waals surface area contributed by atoms with Crippen LogP contribution in [0.5, 0.6) is 0 Å². The van der Waals surface area contributed by atoms with Gasteiger partial charge in [-0.05, 0) is 18.9 Å². The van der Waals surface area contributed by atoms with E-state index in [9.17, 15) is 4.79 Å². The second-order valence-corrected chi connectivity index (χ2v) is 3.22. The molecule has 0 fully saturated rings. The van der Waals surface area contributed by atoms with Gasteiger partial charge in [-0.1, -0.05) is 31.9 Å². The van der Waals surface area contributed by atoms with Crippen molar-refractivity contribution in [3.8, 4) is 0 Å². The molecule has 0 amide bonds. The maximum atomic E-state index is 10.1. The lowest BCUT2D eigenvalue weighted by molar-refractivity contribution is -0.131. The summed E-state index contributed by atoms with van der Waals surface area (Å²) < 4.78 is 4.85. The Kier molecular flexibility index (Phi) is 9.28. The van der Waals surface area contributed by atoms with E-state index in [0.717, 1.165) is 6.42 Å². The summed E-state index contributed by atoms with van der Waals surface area (Å²) in [6, 6.07) is 0. The molecule has 0 aliphatic rings. The number of unbranched alkanes of at least 4 members (excludes halogenated alkanes) is 3. The molecule has 0 bridgehead atoms. The normalized spacial score (nSPS) is 12.6. The van der Waals surface area contributed by atoms with Crippen molar-refractivity contribution >= 4 is 6.47 Å². The van der Waals surface area contributed by atoms with E-state index >= 15 is 0 Å². The second-order valence-electron chi connectivity index (χ2n) is 3.22. The molecule has 0 rings (SSSR count). The number of carbonyl (C=O) groups excluding carboxylic acids is 1. The molecule has 1 atom stereocenters. The molecule has 0 radical (unpaired) electrons. The van der Waals surface area contributed by atoms with Crippen LogP contribution >= 0.6 is 0 Å². The molecule has 80 valence electrons. The standard InChI is InChI=1S/C12H20O2/c1-3-5-6-7-8-10-12(9-4-2)14-11-13/h4,8,10-12H,2-3,5-7,9H2,1H3. The lowest BCUT2D eigenvalue weighted by atomic mass is 10.1. The Morgan fingerprint density at radius 2 is 2.21 bits per heavy atom. The minimum atomic E-state index is -0.133. The Morgan fingerprint density at radius 3 is 2.79 bits per heavy atom. The molecule has 0 aliphatic heterocycles. The van der Waals surface area contributed by atoms with Crippen LogP contribution in [0.15, 0.2) is 24.8 Å². The fourth-order valence-electron chi connectivity index (χ4n) is 1.18. The predicted molar refractivity (Wildman–Crippen MR) is 59.0 cm³/mol. The first kappa shape index (κ1) is 12.9. The third-order valence-electron chi connectivity index (χ3n) is 1.95. The van der Waals surface area contributed by atoms with E-state index in [2.05, 4.69) is 19.6 Å². The van der Waals surface area contributed by atoms with Crippen LogP contribution in [-0.2, 0) is 9.53 Å². The largest absolute Gasteiger partial charge is 0.460 e. The van der Waals surface area contributed by atoms with Gasteiger partial charge < -0.3 is 4.74 Å². The fourth-order valence-corrected chi connectivity index (χ4v) is 1.18. The Labute approximate surface area is 86.6 Å². The molecule has 14 heavy (non-hydrogen) atoms. The third-order valence-corrected chi connectivity index (χ3v) is 1.95. The fraction of sp³-hybridized carbons (Fsp3) is 0.583. The van der Waals surface area contributed by atoms with Gasteiger partial charge in [0, 0.05) is 6.42 Å². The number of rotatable bonds is 9. The van der Waals surface area contributed by atoms with E-state index in [1.807, 2.05) is 6.08 Å². The summed E-state index contributed by atoms with van der Waals surface area (Å²) in [4.78, 5) is 10.1. The molecule has 0 spiro atoms. The van der Waals surface area contributed by atoms with E-state index in [0.29, 0.717) is 12.9 Å². The highest BCUT2D eigenvalue weighted by Gasteiger charge is 2.00. The molecule has 0 aromatic carbocycles. The van der Waals surface area contributed by atoms with Crippen molar-refractivity contribution in [3.05, 3.63) is 24.8 Å². The highest BCUT2D eigenvalue weighted by atomic mass is 16.5. The van der Waals surface area contributed by atoms with Gasteiger partial charge in [-0.15, -0.1) is 6.58 Å². The van der Waals surface area contributed by atoms with Crippen LogP contribution in [0.1, 0.15) is 39.0 Å². The molecule has 0 heterocycles. The summed E-state index contributed by atoms with van der Waals surface area (Å²) >= 11 is 0. The van der Waals surface area contributed by atoms with E-state index in [1.165, 1.54) is 19.3 Å². The van der Waals surface area contributed by atoms with Crippen LogP contribution in [0.2, 0.25) is 0 Å². The van der Waals surface area contributed by atoms with Gasteiger partial charge in [0.05, 0.1) is 0 Å². The number of ether oxygens (including phenoxy) is 1. The van der Waals surface area contributed by atoms with Gasteiger partial charge >= 0.3 is 0 Å². The van der Waals surface area contributed by atoms with Crippen LogP contribution in [-0.4, -0.2) is 12.6 Å².